The second kappa shape index (κ2) is 12.0. The zero-order valence-corrected chi connectivity index (χ0v) is 22.8. The summed E-state index contributed by atoms with van der Waals surface area (Å²) in [5.41, 5.74) is 3.72. The fourth-order valence-electron chi connectivity index (χ4n) is 4.21. The number of hydrogen-bond acceptors (Lipinski definition) is 8. The summed E-state index contributed by atoms with van der Waals surface area (Å²) in [4.78, 5) is 16.6. The molecule has 0 aromatic carbocycles. The predicted molar refractivity (Wildman–Crippen MR) is 146 cm³/mol. The Morgan fingerprint density at radius 2 is 1.78 bits per heavy atom. The number of aromatic nitrogens is 7. The van der Waals surface area contributed by atoms with Gasteiger partial charge in [0.1, 0.15) is 11.6 Å². The van der Waals surface area contributed by atoms with Gasteiger partial charge >= 0.3 is 0 Å². The van der Waals surface area contributed by atoms with Crippen LogP contribution in [0.5, 0.6) is 0 Å². The Balaban J connectivity index is 1.18. The molecule has 4 rings (SSSR count). The van der Waals surface area contributed by atoms with Crippen LogP contribution in [0, 0.1) is 12.8 Å². The lowest BCUT2D eigenvalue weighted by Crippen LogP contribution is -2.21. The highest BCUT2D eigenvalue weighted by Gasteiger charge is 2.19. The second-order valence-electron chi connectivity index (χ2n) is 10.2. The van der Waals surface area contributed by atoms with Crippen LogP contribution in [0.1, 0.15) is 54.6 Å². The number of nitrogens with zero attached hydrogens (tertiary/aromatic N) is 6. The van der Waals surface area contributed by atoms with E-state index in [1.165, 1.54) is 16.8 Å². The van der Waals surface area contributed by atoms with Crippen LogP contribution >= 0.6 is 0 Å². The SMILES string of the molecule is Cc1cc(CCNc2nc(N(C)CCc3cc(CCC(C)C(C)c4nc(N(C)C)n[nH]4)c[nH]3)n[nH]2)co1. The summed E-state index contributed by atoms with van der Waals surface area (Å²) < 4.78 is 5.35. The molecule has 0 spiro atoms. The third-order valence-electron chi connectivity index (χ3n) is 6.89. The first kappa shape index (κ1) is 26.3. The van der Waals surface area contributed by atoms with Crippen molar-refractivity contribution in [1.29, 1.82) is 0 Å². The van der Waals surface area contributed by atoms with Gasteiger partial charge in [-0.05, 0) is 55.4 Å². The van der Waals surface area contributed by atoms with Crippen molar-refractivity contribution in [3.8, 4) is 0 Å². The third kappa shape index (κ3) is 7.14. The normalized spacial score (nSPS) is 13.0. The molecule has 0 amide bonds. The molecule has 0 saturated heterocycles. The zero-order valence-electron chi connectivity index (χ0n) is 22.8. The molecule has 2 unspecified atom stereocenters. The highest BCUT2D eigenvalue weighted by Crippen LogP contribution is 2.26. The zero-order chi connectivity index (χ0) is 26.4. The van der Waals surface area contributed by atoms with Crippen molar-refractivity contribution in [2.75, 3.05) is 49.3 Å². The molecule has 2 atom stereocenters. The van der Waals surface area contributed by atoms with Crippen LogP contribution in [-0.2, 0) is 19.3 Å². The van der Waals surface area contributed by atoms with E-state index in [-0.39, 0.29) is 0 Å². The summed E-state index contributed by atoms with van der Waals surface area (Å²) in [7, 11) is 5.92. The van der Waals surface area contributed by atoms with Crippen molar-refractivity contribution in [3.05, 3.63) is 53.0 Å². The lowest BCUT2D eigenvalue weighted by atomic mass is 9.90. The van der Waals surface area contributed by atoms with Gasteiger partial charge < -0.3 is 24.5 Å². The first-order chi connectivity index (χ1) is 17.8. The van der Waals surface area contributed by atoms with Gasteiger partial charge in [0, 0.05) is 58.5 Å². The van der Waals surface area contributed by atoms with Crippen LogP contribution in [0.3, 0.4) is 0 Å². The molecular formula is C26H40N10O. The summed E-state index contributed by atoms with van der Waals surface area (Å²) in [5, 5.41) is 18.0. The van der Waals surface area contributed by atoms with Gasteiger partial charge in [0.2, 0.25) is 17.8 Å². The molecule has 11 heteroatoms. The number of H-pyrrole nitrogens is 3. The van der Waals surface area contributed by atoms with Crippen LogP contribution in [-0.4, -0.2) is 69.6 Å². The van der Waals surface area contributed by atoms with Crippen LogP contribution in [0.15, 0.2) is 29.0 Å². The maximum atomic E-state index is 5.35. The van der Waals surface area contributed by atoms with E-state index >= 15 is 0 Å². The molecule has 11 nitrogen and oxygen atoms in total. The molecule has 4 aromatic rings. The van der Waals surface area contributed by atoms with Gasteiger partial charge in [-0.2, -0.15) is 9.97 Å². The van der Waals surface area contributed by atoms with Crippen LogP contribution in [0.4, 0.5) is 17.8 Å². The summed E-state index contributed by atoms with van der Waals surface area (Å²) in [6.07, 6.45) is 7.80. The fraction of sp³-hybridized carbons (Fsp3) is 0.538. The Morgan fingerprint density at radius 1 is 0.973 bits per heavy atom. The Kier molecular flexibility index (Phi) is 8.52. The van der Waals surface area contributed by atoms with Gasteiger partial charge in [-0.3, -0.25) is 5.10 Å². The van der Waals surface area contributed by atoms with Gasteiger partial charge in [-0.15, -0.1) is 10.2 Å². The van der Waals surface area contributed by atoms with Gasteiger partial charge in [0.15, 0.2) is 0 Å². The number of aryl methyl sites for hydroxylation is 2. The summed E-state index contributed by atoms with van der Waals surface area (Å²) in [6, 6.07) is 4.32. The number of furan rings is 1. The molecule has 0 bridgehead atoms. The molecule has 37 heavy (non-hydrogen) atoms. The van der Waals surface area contributed by atoms with E-state index in [9.17, 15) is 0 Å². The topological polar surface area (TPSA) is 131 Å². The van der Waals surface area contributed by atoms with Crippen molar-refractivity contribution in [3.63, 3.8) is 0 Å². The molecule has 200 valence electrons. The minimum absolute atomic E-state index is 0.323. The molecule has 0 radical (unpaired) electrons. The number of likely N-dealkylation sites (N-methyl/N-ethyl adjacent to an activating group) is 1. The van der Waals surface area contributed by atoms with Gasteiger partial charge in [0.25, 0.3) is 0 Å². The van der Waals surface area contributed by atoms with E-state index in [4.69, 9.17) is 4.42 Å². The standard InChI is InChI=1S/C26H40N10O/c1-17(19(3)23-29-25(33-31-23)35(4)5)7-8-20-14-22(28-15-20)10-12-36(6)26-30-24(32-34-26)27-11-9-21-13-18(2)37-16-21/h13-17,19,28H,7-12H2,1-6H3,(H,29,31,33)(H2,27,30,32,34). The molecule has 4 N–H and O–H groups in total. The van der Waals surface area contributed by atoms with E-state index in [1.54, 1.807) is 6.26 Å². The van der Waals surface area contributed by atoms with Crippen molar-refractivity contribution < 1.29 is 4.42 Å². The number of nitrogens with one attached hydrogen (secondary N) is 4. The molecule has 0 aliphatic heterocycles. The highest BCUT2D eigenvalue weighted by molar-refractivity contribution is 5.36. The van der Waals surface area contributed by atoms with Crippen LogP contribution < -0.4 is 15.1 Å². The Bertz CT molecular complexity index is 1240. The van der Waals surface area contributed by atoms with Crippen molar-refractivity contribution >= 4 is 17.8 Å². The third-order valence-corrected chi connectivity index (χ3v) is 6.89. The van der Waals surface area contributed by atoms with Crippen molar-refractivity contribution in [2.45, 2.75) is 52.4 Å². The van der Waals surface area contributed by atoms with E-state index < -0.39 is 0 Å². The maximum Gasteiger partial charge on any atom is 0.246 e. The van der Waals surface area contributed by atoms with E-state index in [0.717, 1.165) is 56.3 Å². The molecular weight excluding hydrogens is 468 g/mol. The average Bonchev–Trinajstić information content (AvgIpc) is 3.68. The van der Waals surface area contributed by atoms with Gasteiger partial charge in [-0.1, -0.05) is 13.8 Å². The monoisotopic (exact) mass is 508 g/mol. The second-order valence-corrected chi connectivity index (χ2v) is 10.2. The lowest BCUT2D eigenvalue weighted by molar-refractivity contribution is 0.438. The molecule has 4 aromatic heterocycles. The van der Waals surface area contributed by atoms with E-state index in [0.29, 0.717) is 23.7 Å². The molecule has 4 heterocycles. The number of anilines is 3. The fourth-order valence-corrected chi connectivity index (χ4v) is 4.21. The first-order valence-corrected chi connectivity index (χ1v) is 13.0. The van der Waals surface area contributed by atoms with Crippen molar-refractivity contribution in [2.24, 2.45) is 5.92 Å². The number of aromatic amines is 3. The van der Waals surface area contributed by atoms with Gasteiger partial charge in [-0.25, -0.2) is 5.10 Å². The Morgan fingerprint density at radius 3 is 2.51 bits per heavy atom. The van der Waals surface area contributed by atoms with Crippen LogP contribution in [0.2, 0.25) is 0 Å². The quantitative estimate of drug-likeness (QED) is 0.202. The molecule has 0 aliphatic rings. The summed E-state index contributed by atoms with van der Waals surface area (Å²) in [5.74, 6) is 4.78. The Hall–Kier alpha value is -3.76. The molecule has 0 fully saturated rings. The minimum Gasteiger partial charge on any atom is -0.469 e. The molecule has 0 aliphatic carbocycles. The molecule has 0 saturated carbocycles. The Labute approximate surface area is 218 Å². The summed E-state index contributed by atoms with van der Waals surface area (Å²) in [6.45, 7) is 8.03. The highest BCUT2D eigenvalue weighted by atomic mass is 16.3. The van der Waals surface area contributed by atoms with Crippen LogP contribution in [0.25, 0.3) is 0 Å². The minimum atomic E-state index is 0.323. The predicted octanol–water partition coefficient (Wildman–Crippen LogP) is 3.92. The van der Waals surface area contributed by atoms with E-state index in [2.05, 4.69) is 71.7 Å². The lowest BCUT2D eigenvalue weighted by Gasteiger charge is -2.17. The summed E-state index contributed by atoms with van der Waals surface area (Å²) >= 11 is 0. The van der Waals surface area contributed by atoms with Gasteiger partial charge in [0.05, 0.1) is 6.26 Å². The average molecular weight is 509 g/mol. The number of rotatable bonds is 14. The first-order valence-electron chi connectivity index (χ1n) is 13.0. The largest absolute Gasteiger partial charge is 0.469 e. The smallest absolute Gasteiger partial charge is 0.246 e. The maximum absolute atomic E-state index is 5.35. The number of hydrogen-bond donors (Lipinski definition) is 4. The van der Waals surface area contributed by atoms with Crippen molar-refractivity contribution in [1.82, 2.24) is 35.3 Å². The van der Waals surface area contributed by atoms with E-state index in [1.807, 2.05) is 39.0 Å².